The normalized spacial score (nSPS) is 26.6. The van der Waals surface area contributed by atoms with Crippen molar-refractivity contribution in [2.45, 2.75) is 65.6 Å². The second-order valence-electron chi connectivity index (χ2n) is 8.97. The lowest BCUT2D eigenvalue weighted by Gasteiger charge is -2.37. The molecule has 26 heavy (non-hydrogen) atoms. The highest BCUT2D eigenvalue weighted by Crippen LogP contribution is 2.38. The van der Waals surface area contributed by atoms with E-state index in [1.54, 1.807) is 4.90 Å². The Bertz CT molecular complexity index is 422. The number of amides is 1. The number of carbonyl (C=O) groups is 1. The molecule has 6 heteroatoms. The summed E-state index contributed by atoms with van der Waals surface area (Å²) in [4.78, 5) is 14.8. The van der Waals surface area contributed by atoms with E-state index < -0.39 is 6.10 Å². The largest absolute Gasteiger partial charge is 0.450 e. The fourth-order valence-corrected chi connectivity index (χ4v) is 4.16. The molecule has 0 aromatic rings. The van der Waals surface area contributed by atoms with Crippen LogP contribution in [0.25, 0.3) is 0 Å². The van der Waals surface area contributed by atoms with Gasteiger partial charge in [-0.25, -0.2) is 4.79 Å². The van der Waals surface area contributed by atoms with Crippen molar-refractivity contribution in [3.8, 4) is 0 Å². The van der Waals surface area contributed by atoms with Gasteiger partial charge in [-0.1, -0.05) is 20.8 Å². The Morgan fingerprint density at radius 2 is 1.81 bits per heavy atom. The Kier molecular flexibility index (Phi) is 8.17. The van der Waals surface area contributed by atoms with Crippen molar-refractivity contribution in [3.05, 3.63) is 0 Å². The third kappa shape index (κ3) is 6.71. The number of hydrogen-bond donors (Lipinski definition) is 2. The molecule has 2 aliphatic rings. The molecular weight excluding hydrogens is 332 g/mol. The first-order valence-electron chi connectivity index (χ1n) is 10.3. The van der Waals surface area contributed by atoms with Crippen molar-refractivity contribution < 1.29 is 24.3 Å². The van der Waals surface area contributed by atoms with Crippen LogP contribution in [0, 0.1) is 11.3 Å². The minimum atomic E-state index is -0.431. The van der Waals surface area contributed by atoms with Crippen LogP contribution in [0.3, 0.4) is 0 Å². The smallest absolute Gasteiger partial charge is 0.410 e. The Labute approximate surface area is 158 Å². The zero-order valence-electron chi connectivity index (χ0n) is 17.1. The number of rotatable bonds is 6. The quantitative estimate of drug-likeness (QED) is 0.739. The summed E-state index contributed by atoms with van der Waals surface area (Å²) in [6.45, 7) is 13.4. The van der Waals surface area contributed by atoms with Crippen LogP contribution in [-0.2, 0) is 9.47 Å². The van der Waals surface area contributed by atoms with Crippen molar-refractivity contribution in [2.75, 3.05) is 45.9 Å². The summed E-state index contributed by atoms with van der Waals surface area (Å²) >= 11 is 0. The number of ether oxygens (including phenoxy) is 2. The molecule has 1 aliphatic carbocycles. The predicted octanol–water partition coefficient (Wildman–Crippen LogP) is 1.33. The molecule has 0 spiro atoms. The number of aliphatic hydroxyl groups is 1. The van der Waals surface area contributed by atoms with E-state index in [0.29, 0.717) is 44.4 Å². The standard InChI is InChI=1S/C20H38N2O4/c1-5-25-19(24)22-12-10-21(11-13-22)14-17(23)15-26-18-8-6-16(7-9-18)20(2,3)4/h16-18,23H,5-15H2,1-4H3/p+1/t16?,17-,18?/m0/s1. The monoisotopic (exact) mass is 371 g/mol. The molecule has 0 unspecified atom stereocenters. The maximum absolute atomic E-state index is 11.7. The first-order valence-corrected chi connectivity index (χ1v) is 10.3. The highest BCUT2D eigenvalue weighted by atomic mass is 16.6. The van der Waals surface area contributed by atoms with Crippen molar-refractivity contribution in [3.63, 3.8) is 0 Å². The summed E-state index contributed by atoms with van der Waals surface area (Å²) in [6, 6.07) is 0. The molecule has 1 saturated carbocycles. The zero-order valence-corrected chi connectivity index (χ0v) is 17.1. The number of quaternary nitrogens is 1. The van der Waals surface area contributed by atoms with E-state index in [9.17, 15) is 9.90 Å². The molecule has 1 saturated heterocycles. The van der Waals surface area contributed by atoms with Crippen molar-refractivity contribution >= 4 is 6.09 Å². The van der Waals surface area contributed by atoms with E-state index in [1.807, 2.05) is 6.92 Å². The zero-order chi connectivity index (χ0) is 19.2. The van der Waals surface area contributed by atoms with Crippen molar-refractivity contribution in [2.24, 2.45) is 11.3 Å². The minimum absolute atomic E-state index is 0.221. The Hall–Kier alpha value is -0.850. The van der Waals surface area contributed by atoms with E-state index in [-0.39, 0.29) is 6.09 Å². The molecule has 1 heterocycles. The summed E-state index contributed by atoms with van der Waals surface area (Å²) in [5.41, 5.74) is 0.388. The molecule has 1 amide bonds. The van der Waals surface area contributed by atoms with Gasteiger partial charge in [-0.05, 0) is 43.9 Å². The summed E-state index contributed by atoms with van der Waals surface area (Å²) in [7, 11) is 0. The Morgan fingerprint density at radius 1 is 1.19 bits per heavy atom. The van der Waals surface area contributed by atoms with Gasteiger partial charge in [0.05, 0.1) is 45.5 Å². The predicted molar refractivity (Wildman–Crippen MR) is 101 cm³/mol. The van der Waals surface area contributed by atoms with Gasteiger partial charge in [0.1, 0.15) is 12.6 Å². The molecule has 1 atom stereocenters. The lowest BCUT2D eigenvalue weighted by molar-refractivity contribution is -0.907. The molecule has 2 fully saturated rings. The molecular formula is C20H39N2O4+. The van der Waals surface area contributed by atoms with E-state index in [4.69, 9.17) is 9.47 Å². The van der Waals surface area contributed by atoms with Crippen LogP contribution in [0.15, 0.2) is 0 Å². The van der Waals surface area contributed by atoms with E-state index in [0.717, 1.165) is 31.8 Å². The van der Waals surface area contributed by atoms with Crippen LogP contribution in [0.5, 0.6) is 0 Å². The highest BCUT2D eigenvalue weighted by Gasteiger charge is 2.31. The number of hydrogen-bond acceptors (Lipinski definition) is 4. The van der Waals surface area contributed by atoms with E-state index in [1.165, 1.54) is 17.7 Å². The maximum atomic E-state index is 11.7. The average Bonchev–Trinajstić information content (AvgIpc) is 2.60. The number of piperazine rings is 1. The van der Waals surface area contributed by atoms with Gasteiger partial charge in [0.25, 0.3) is 0 Å². The Balaban J connectivity index is 1.60. The molecule has 2 N–H and O–H groups in total. The van der Waals surface area contributed by atoms with Crippen LogP contribution in [0.2, 0.25) is 0 Å². The molecule has 152 valence electrons. The molecule has 0 aromatic carbocycles. The molecule has 0 bridgehead atoms. The summed E-state index contributed by atoms with van der Waals surface area (Å²) < 4.78 is 11.0. The first kappa shape index (κ1) is 21.5. The van der Waals surface area contributed by atoms with E-state index >= 15 is 0 Å². The molecule has 6 nitrogen and oxygen atoms in total. The molecule has 0 radical (unpaired) electrons. The van der Waals surface area contributed by atoms with Gasteiger partial charge in [-0.3, -0.25) is 4.90 Å². The molecule has 0 aromatic heterocycles. The average molecular weight is 372 g/mol. The fourth-order valence-electron chi connectivity index (χ4n) is 4.16. The topological polar surface area (TPSA) is 63.4 Å². The maximum Gasteiger partial charge on any atom is 0.410 e. The van der Waals surface area contributed by atoms with Gasteiger partial charge >= 0.3 is 6.09 Å². The van der Waals surface area contributed by atoms with E-state index in [2.05, 4.69) is 20.8 Å². The van der Waals surface area contributed by atoms with Gasteiger partial charge in [0, 0.05) is 0 Å². The van der Waals surface area contributed by atoms with Crippen LogP contribution in [-0.4, -0.2) is 74.2 Å². The SMILES string of the molecule is CCOC(=O)N1CC[NH+](C[C@H](O)COC2CCC(C(C)(C)C)CC2)CC1. The van der Waals surface area contributed by atoms with Gasteiger partial charge < -0.3 is 19.5 Å². The van der Waals surface area contributed by atoms with Crippen LogP contribution in [0.1, 0.15) is 53.4 Å². The Morgan fingerprint density at radius 3 is 2.35 bits per heavy atom. The second-order valence-corrected chi connectivity index (χ2v) is 8.97. The minimum Gasteiger partial charge on any atom is -0.450 e. The summed E-state index contributed by atoms with van der Waals surface area (Å²) in [6.07, 6.45) is 4.33. The van der Waals surface area contributed by atoms with Gasteiger partial charge in [0.15, 0.2) is 0 Å². The van der Waals surface area contributed by atoms with Crippen LogP contribution in [0.4, 0.5) is 4.79 Å². The summed E-state index contributed by atoms with van der Waals surface area (Å²) in [5.74, 6) is 0.785. The number of nitrogens with one attached hydrogen (secondary N) is 1. The van der Waals surface area contributed by atoms with Crippen molar-refractivity contribution in [1.29, 1.82) is 0 Å². The molecule has 1 aliphatic heterocycles. The lowest BCUT2D eigenvalue weighted by Crippen LogP contribution is -3.15. The highest BCUT2D eigenvalue weighted by molar-refractivity contribution is 5.67. The number of nitrogens with zero attached hydrogens (tertiary/aromatic N) is 1. The van der Waals surface area contributed by atoms with Crippen LogP contribution < -0.4 is 4.90 Å². The fraction of sp³-hybridized carbons (Fsp3) is 0.950. The summed E-state index contributed by atoms with van der Waals surface area (Å²) in [5, 5.41) is 10.3. The molecule has 2 rings (SSSR count). The third-order valence-electron chi connectivity index (χ3n) is 5.94. The third-order valence-corrected chi connectivity index (χ3v) is 5.94. The lowest BCUT2D eigenvalue weighted by atomic mass is 9.72. The van der Waals surface area contributed by atoms with Gasteiger partial charge in [-0.2, -0.15) is 0 Å². The van der Waals surface area contributed by atoms with Gasteiger partial charge in [-0.15, -0.1) is 0 Å². The second kappa shape index (κ2) is 9.90. The first-order chi connectivity index (χ1) is 12.3. The van der Waals surface area contributed by atoms with Crippen molar-refractivity contribution in [1.82, 2.24) is 4.90 Å². The number of aliphatic hydroxyl groups excluding tert-OH is 1. The van der Waals surface area contributed by atoms with Crippen LogP contribution >= 0.6 is 0 Å². The number of carbonyl (C=O) groups excluding carboxylic acids is 1. The van der Waals surface area contributed by atoms with Gasteiger partial charge in [0.2, 0.25) is 0 Å².